The summed E-state index contributed by atoms with van der Waals surface area (Å²) < 4.78 is 13.0. The molecular formula is C20H23FN2O. The second-order valence-electron chi connectivity index (χ2n) is 6.52. The summed E-state index contributed by atoms with van der Waals surface area (Å²) in [6, 6.07) is 15.2. The first kappa shape index (κ1) is 16.7. The second-order valence-corrected chi connectivity index (χ2v) is 6.52. The van der Waals surface area contributed by atoms with Gasteiger partial charge in [-0.15, -0.1) is 0 Å². The van der Waals surface area contributed by atoms with Gasteiger partial charge in [0.05, 0.1) is 6.54 Å². The van der Waals surface area contributed by atoms with Crippen LogP contribution in [0.3, 0.4) is 0 Å². The zero-order valence-electron chi connectivity index (χ0n) is 14.0. The zero-order valence-corrected chi connectivity index (χ0v) is 14.0. The van der Waals surface area contributed by atoms with Crippen LogP contribution in [0.15, 0.2) is 48.5 Å². The number of hydrogen-bond acceptors (Lipinski definition) is 2. The topological polar surface area (TPSA) is 32.3 Å². The number of hydrogen-bond donors (Lipinski definition) is 1. The van der Waals surface area contributed by atoms with Crippen molar-refractivity contribution in [1.82, 2.24) is 10.2 Å². The molecule has 0 heterocycles. The summed E-state index contributed by atoms with van der Waals surface area (Å²) >= 11 is 0. The van der Waals surface area contributed by atoms with E-state index < -0.39 is 0 Å². The molecule has 3 rings (SSSR count). The molecule has 0 aliphatic heterocycles. The lowest BCUT2D eigenvalue weighted by Crippen LogP contribution is -2.37. The van der Waals surface area contributed by atoms with E-state index in [0.717, 1.165) is 24.0 Å². The van der Waals surface area contributed by atoms with E-state index in [0.29, 0.717) is 25.7 Å². The number of nitrogens with one attached hydrogen (secondary N) is 1. The highest BCUT2D eigenvalue weighted by Gasteiger charge is 2.30. The van der Waals surface area contributed by atoms with Crippen molar-refractivity contribution in [3.8, 4) is 0 Å². The van der Waals surface area contributed by atoms with E-state index in [4.69, 9.17) is 0 Å². The largest absolute Gasteiger partial charge is 0.351 e. The summed E-state index contributed by atoms with van der Waals surface area (Å²) in [5.41, 5.74) is 3.35. The number of rotatable bonds is 7. The highest BCUT2D eigenvalue weighted by atomic mass is 19.1. The van der Waals surface area contributed by atoms with Crippen LogP contribution in [0.4, 0.5) is 4.39 Å². The molecule has 4 heteroatoms. The third-order valence-electron chi connectivity index (χ3n) is 4.32. The van der Waals surface area contributed by atoms with Gasteiger partial charge in [0.15, 0.2) is 0 Å². The van der Waals surface area contributed by atoms with E-state index in [1.54, 1.807) is 12.1 Å². The summed E-state index contributed by atoms with van der Waals surface area (Å²) in [6.45, 7) is 3.66. The Labute approximate surface area is 142 Å². The summed E-state index contributed by atoms with van der Waals surface area (Å²) in [5, 5.41) is 2.99. The fraction of sp³-hybridized carbons (Fsp3) is 0.350. The Kier molecular flexibility index (Phi) is 5.26. The summed E-state index contributed by atoms with van der Waals surface area (Å²) in [4.78, 5) is 14.4. The standard InChI is InChI=1S/C20H23FN2O/c1-15-2-4-16(5-3-15)12-22-20(24)14-23(19-10-11-19)13-17-6-8-18(21)9-7-17/h2-9,19H,10-14H2,1H3,(H,22,24). The van der Waals surface area contributed by atoms with Crippen molar-refractivity contribution in [2.75, 3.05) is 6.54 Å². The molecule has 0 saturated heterocycles. The Morgan fingerprint density at radius 2 is 1.71 bits per heavy atom. The van der Waals surface area contributed by atoms with Gasteiger partial charge in [-0.25, -0.2) is 4.39 Å². The molecule has 0 aromatic heterocycles. The molecule has 3 nitrogen and oxygen atoms in total. The monoisotopic (exact) mass is 326 g/mol. The summed E-state index contributed by atoms with van der Waals surface area (Å²) in [5.74, 6) is -0.197. The highest BCUT2D eigenvalue weighted by molar-refractivity contribution is 5.78. The number of carbonyl (C=O) groups is 1. The van der Waals surface area contributed by atoms with Crippen molar-refractivity contribution in [2.24, 2.45) is 0 Å². The molecule has 1 aliphatic carbocycles. The summed E-state index contributed by atoms with van der Waals surface area (Å²) in [7, 11) is 0. The van der Waals surface area contributed by atoms with Gasteiger partial charge < -0.3 is 5.32 Å². The number of nitrogens with zero attached hydrogens (tertiary/aromatic N) is 1. The first-order valence-electron chi connectivity index (χ1n) is 8.41. The minimum Gasteiger partial charge on any atom is -0.351 e. The fourth-order valence-corrected chi connectivity index (χ4v) is 2.73. The molecule has 1 aliphatic rings. The predicted molar refractivity (Wildman–Crippen MR) is 92.9 cm³/mol. The van der Waals surface area contributed by atoms with Gasteiger partial charge in [0, 0.05) is 19.1 Å². The van der Waals surface area contributed by atoms with E-state index in [-0.39, 0.29) is 11.7 Å². The first-order valence-corrected chi connectivity index (χ1v) is 8.41. The van der Waals surface area contributed by atoms with Gasteiger partial charge in [0.25, 0.3) is 0 Å². The molecule has 1 fully saturated rings. The van der Waals surface area contributed by atoms with Gasteiger partial charge in [-0.1, -0.05) is 42.0 Å². The van der Waals surface area contributed by atoms with Crippen LogP contribution in [0.25, 0.3) is 0 Å². The van der Waals surface area contributed by atoms with Crippen molar-refractivity contribution in [3.63, 3.8) is 0 Å². The van der Waals surface area contributed by atoms with Gasteiger partial charge in [0.1, 0.15) is 5.82 Å². The average Bonchev–Trinajstić information content (AvgIpc) is 3.41. The van der Waals surface area contributed by atoms with Crippen LogP contribution >= 0.6 is 0 Å². The fourth-order valence-electron chi connectivity index (χ4n) is 2.73. The van der Waals surface area contributed by atoms with Crippen LogP contribution in [0.2, 0.25) is 0 Å². The Balaban J connectivity index is 1.52. The molecule has 0 unspecified atom stereocenters. The normalized spacial score (nSPS) is 14.0. The highest BCUT2D eigenvalue weighted by Crippen LogP contribution is 2.28. The SMILES string of the molecule is Cc1ccc(CNC(=O)CN(Cc2ccc(F)cc2)C2CC2)cc1. The van der Waals surface area contributed by atoms with E-state index in [9.17, 15) is 9.18 Å². The minimum absolute atomic E-state index is 0.0320. The quantitative estimate of drug-likeness (QED) is 0.845. The van der Waals surface area contributed by atoms with Gasteiger partial charge >= 0.3 is 0 Å². The molecule has 2 aromatic carbocycles. The van der Waals surface area contributed by atoms with Crippen LogP contribution in [-0.2, 0) is 17.9 Å². The second kappa shape index (κ2) is 7.58. The molecule has 0 bridgehead atoms. The average molecular weight is 326 g/mol. The number of halogens is 1. The molecule has 1 saturated carbocycles. The van der Waals surface area contributed by atoms with Gasteiger partial charge in [0.2, 0.25) is 5.91 Å². The van der Waals surface area contributed by atoms with E-state index in [2.05, 4.69) is 10.2 Å². The molecule has 126 valence electrons. The zero-order chi connectivity index (χ0) is 16.9. The van der Waals surface area contributed by atoms with Crippen LogP contribution < -0.4 is 5.32 Å². The third-order valence-corrected chi connectivity index (χ3v) is 4.32. The van der Waals surface area contributed by atoms with Crippen LogP contribution in [0, 0.1) is 12.7 Å². The number of amides is 1. The van der Waals surface area contributed by atoms with Crippen LogP contribution in [-0.4, -0.2) is 23.4 Å². The Hall–Kier alpha value is -2.20. The van der Waals surface area contributed by atoms with Crippen LogP contribution in [0.5, 0.6) is 0 Å². The summed E-state index contributed by atoms with van der Waals surface area (Å²) in [6.07, 6.45) is 2.26. The van der Waals surface area contributed by atoms with Crippen molar-refractivity contribution >= 4 is 5.91 Å². The van der Waals surface area contributed by atoms with Crippen molar-refractivity contribution in [3.05, 3.63) is 71.0 Å². The van der Waals surface area contributed by atoms with Gasteiger partial charge in [-0.2, -0.15) is 0 Å². The lowest BCUT2D eigenvalue weighted by molar-refractivity contribution is -0.122. The Morgan fingerprint density at radius 1 is 1.08 bits per heavy atom. The van der Waals surface area contributed by atoms with E-state index in [1.807, 2.05) is 31.2 Å². The lowest BCUT2D eigenvalue weighted by Gasteiger charge is -2.21. The van der Waals surface area contributed by atoms with Crippen molar-refractivity contribution in [1.29, 1.82) is 0 Å². The third kappa shape index (κ3) is 4.90. The molecule has 0 radical (unpaired) electrons. The van der Waals surface area contributed by atoms with E-state index >= 15 is 0 Å². The maximum atomic E-state index is 13.0. The minimum atomic E-state index is -0.229. The van der Waals surface area contributed by atoms with Gasteiger partial charge in [-0.3, -0.25) is 9.69 Å². The molecule has 1 amide bonds. The Morgan fingerprint density at radius 3 is 2.33 bits per heavy atom. The predicted octanol–water partition coefficient (Wildman–Crippen LogP) is 3.41. The van der Waals surface area contributed by atoms with E-state index in [1.165, 1.54) is 17.7 Å². The Bertz CT molecular complexity index is 678. The van der Waals surface area contributed by atoms with Crippen molar-refractivity contribution < 1.29 is 9.18 Å². The first-order chi connectivity index (χ1) is 11.6. The number of aryl methyl sites for hydroxylation is 1. The number of benzene rings is 2. The molecular weight excluding hydrogens is 303 g/mol. The molecule has 24 heavy (non-hydrogen) atoms. The molecule has 1 N–H and O–H groups in total. The smallest absolute Gasteiger partial charge is 0.234 e. The maximum absolute atomic E-state index is 13.0. The maximum Gasteiger partial charge on any atom is 0.234 e. The lowest BCUT2D eigenvalue weighted by atomic mass is 10.1. The molecule has 2 aromatic rings. The molecule has 0 atom stereocenters. The van der Waals surface area contributed by atoms with Crippen LogP contribution in [0.1, 0.15) is 29.5 Å². The number of carbonyl (C=O) groups excluding carboxylic acids is 1. The van der Waals surface area contributed by atoms with Gasteiger partial charge in [-0.05, 0) is 43.0 Å². The molecule has 0 spiro atoms. The van der Waals surface area contributed by atoms with Crippen molar-refractivity contribution in [2.45, 2.75) is 38.9 Å².